The molecule has 1 aromatic rings. The molecule has 2 atom stereocenters. The number of likely N-dealkylation sites (tertiary alicyclic amines) is 1. The zero-order valence-electron chi connectivity index (χ0n) is 20.1. The van der Waals surface area contributed by atoms with E-state index in [0.717, 1.165) is 58.4 Å². The van der Waals surface area contributed by atoms with Crippen molar-refractivity contribution in [2.24, 2.45) is 5.92 Å². The van der Waals surface area contributed by atoms with E-state index in [4.69, 9.17) is 0 Å². The van der Waals surface area contributed by atoms with E-state index < -0.39 is 12.0 Å². The Kier molecular flexibility index (Phi) is 7.81. The second-order valence-corrected chi connectivity index (χ2v) is 9.90. The molecule has 3 saturated heterocycles. The van der Waals surface area contributed by atoms with Crippen LogP contribution >= 0.6 is 0 Å². The lowest BCUT2D eigenvalue weighted by atomic mass is 9.96. The summed E-state index contributed by atoms with van der Waals surface area (Å²) in [4.78, 5) is 28.9. The average molecular weight is 484 g/mol. The number of hydrogen-bond donors (Lipinski definition) is 1. The molecule has 1 aromatic heterocycles. The Bertz CT molecular complexity index is 838. The smallest absolute Gasteiger partial charge is 0.366 e. The molecule has 3 aliphatic heterocycles. The predicted molar refractivity (Wildman–Crippen MR) is 125 cm³/mol. The van der Waals surface area contributed by atoms with Gasteiger partial charge in [0.05, 0.1) is 5.92 Å². The van der Waals surface area contributed by atoms with Crippen molar-refractivity contribution in [2.75, 3.05) is 76.2 Å². The monoisotopic (exact) mass is 483 g/mol. The van der Waals surface area contributed by atoms with Crippen LogP contribution in [0.2, 0.25) is 0 Å². The van der Waals surface area contributed by atoms with Gasteiger partial charge in [0, 0.05) is 57.9 Å². The minimum absolute atomic E-state index is 0.0464. The third kappa shape index (κ3) is 6.29. The molecule has 0 spiro atoms. The number of halogens is 3. The molecule has 0 aliphatic carbocycles. The van der Waals surface area contributed by atoms with E-state index in [0.29, 0.717) is 26.2 Å². The number of nitrogens with zero attached hydrogens (tertiary/aromatic N) is 6. The minimum Gasteiger partial charge on any atom is -0.366 e. The van der Waals surface area contributed by atoms with Crippen LogP contribution in [0.3, 0.4) is 0 Å². The number of piperazine rings is 1. The summed E-state index contributed by atoms with van der Waals surface area (Å²) < 4.78 is 40.8. The molecule has 0 aromatic carbocycles. The van der Waals surface area contributed by atoms with Crippen LogP contribution in [0.25, 0.3) is 0 Å². The van der Waals surface area contributed by atoms with Gasteiger partial charge < -0.3 is 24.9 Å². The first kappa shape index (κ1) is 25.0. The van der Waals surface area contributed by atoms with Crippen molar-refractivity contribution in [2.45, 2.75) is 44.8 Å². The van der Waals surface area contributed by atoms with Crippen LogP contribution in [-0.4, -0.2) is 103 Å². The Labute approximate surface area is 199 Å². The Morgan fingerprint density at radius 3 is 2.47 bits per heavy atom. The van der Waals surface area contributed by atoms with Crippen molar-refractivity contribution in [3.63, 3.8) is 0 Å². The fourth-order valence-corrected chi connectivity index (χ4v) is 5.12. The fourth-order valence-electron chi connectivity index (χ4n) is 5.12. The number of hydrogen-bond acceptors (Lipinski definition) is 7. The first-order valence-corrected chi connectivity index (χ1v) is 12.4. The van der Waals surface area contributed by atoms with Gasteiger partial charge in [0.25, 0.3) is 0 Å². The van der Waals surface area contributed by atoms with Crippen LogP contribution in [0.15, 0.2) is 6.07 Å². The van der Waals surface area contributed by atoms with Gasteiger partial charge in [-0.2, -0.15) is 13.2 Å². The topological polar surface area (TPSA) is 67.8 Å². The van der Waals surface area contributed by atoms with E-state index >= 15 is 0 Å². The molecule has 4 rings (SSSR count). The number of amides is 1. The number of anilines is 2. The van der Waals surface area contributed by atoms with Crippen LogP contribution in [0.4, 0.5) is 24.8 Å². The van der Waals surface area contributed by atoms with Gasteiger partial charge in [-0.05, 0) is 52.7 Å². The van der Waals surface area contributed by atoms with Crippen LogP contribution in [0, 0.1) is 5.92 Å². The summed E-state index contributed by atoms with van der Waals surface area (Å²) in [6.45, 7) is 8.77. The van der Waals surface area contributed by atoms with Crippen molar-refractivity contribution in [3.05, 3.63) is 11.9 Å². The maximum Gasteiger partial charge on any atom is 0.451 e. The molecule has 4 heterocycles. The van der Waals surface area contributed by atoms with Gasteiger partial charge in [0.1, 0.15) is 11.6 Å². The SMILES string of the molecule is CC(CN1CCCC1)Nc1cc(N2CCCC(C(=O)N3CCN(C)CC3)C2)nc(C(F)(F)F)n1. The molecule has 0 saturated carbocycles. The molecule has 1 amide bonds. The molecule has 3 aliphatic rings. The summed E-state index contributed by atoms with van der Waals surface area (Å²) in [6, 6.07) is 1.55. The van der Waals surface area contributed by atoms with Gasteiger partial charge in [0.15, 0.2) is 0 Å². The average Bonchev–Trinajstić information content (AvgIpc) is 3.31. The quantitative estimate of drug-likeness (QED) is 0.667. The molecule has 190 valence electrons. The highest BCUT2D eigenvalue weighted by Crippen LogP contribution is 2.31. The predicted octanol–water partition coefficient (Wildman–Crippen LogP) is 2.38. The first-order chi connectivity index (χ1) is 16.2. The van der Waals surface area contributed by atoms with Gasteiger partial charge in [-0.15, -0.1) is 0 Å². The minimum atomic E-state index is -4.64. The van der Waals surface area contributed by atoms with Crippen LogP contribution in [0.1, 0.15) is 38.4 Å². The largest absolute Gasteiger partial charge is 0.451 e. The highest BCUT2D eigenvalue weighted by Gasteiger charge is 2.37. The van der Waals surface area contributed by atoms with E-state index in [1.807, 2.05) is 23.8 Å². The molecule has 0 bridgehead atoms. The molecule has 0 radical (unpaired) electrons. The Hall–Kier alpha value is -2.14. The standard InChI is InChI=1S/C23H36F3N7O/c1-17(15-31-7-3-4-8-31)27-19-14-20(29-22(28-19)23(24,25)26)33-9-5-6-18(16-33)21(34)32-12-10-30(2)11-13-32/h14,17-18H,3-13,15-16H2,1-2H3,(H,27,28,29). The van der Waals surface area contributed by atoms with E-state index in [9.17, 15) is 18.0 Å². The summed E-state index contributed by atoms with van der Waals surface area (Å²) in [5.74, 6) is -0.869. The molecule has 11 heteroatoms. The Morgan fingerprint density at radius 1 is 1.09 bits per heavy atom. The first-order valence-electron chi connectivity index (χ1n) is 12.4. The number of likely N-dealkylation sites (N-methyl/N-ethyl adjacent to an activating group) is 1. The number of carbonyl (C=O) groups is 1. The van der Waals surface area contributed by atoms with Crippen molar-refractivity contribution in [3.8, 4) is 0 Å². The maximum absolute atomic E-state index is 13.6. The van der Waals surface area contributed by atoms with E-state index in [1.165, 1.54) is 0 Å². The van der Waals surface area contributed by atoms with Gasteiger partial charge in [-0.3, -0.25) is 4.79 Å². The molecular weight excluding hydrogens is 447 g/mol. The molecule has 8 nitrogen and oxygen atoms in total. The number of aromatic nitrogens is 2. The Morgan fingerprint density at radius 2 is 1.79 bits per heavy atom. The van der Waals surface area contributed by atoms with Crippen LogP contribution in [-0.2, 0) is 11.0 Å². The van der Waals surface area contributed by atoms with Crippen molar-refractivity contribution in [1.29, 1.82) is 0 Å². The summed E-state index contributed by atoms with van der Waals surface area (Å²) >= 11 is 0. The normalized spacial score (nSPS) is 23.9. The summed E-state index contributed by atoms with van der Waals surface area (Å²) in [6.07, 6.45) is -0.840. The number of rotatable bonds is 6. The lowest BCUT2D eigenvalue weighted by molar-refractivity contribution is -0.145. The third-order valence-corrected chi connectivity index (χ3v) is 7.00. The lowest BCUT2D eigenvalue weighted by Gasteiger charge is -2.38. The van der Waals surface area contributed by atoms with E-state index in [-0.39, 0.29) is 29.5 Å². The summed E-state index contributed by atoms with van der Waals surface area (Å²) in [7, 11) is 2.04. The zero-order chi connectivity index (χ0) is 24.3. The van der Waals surface area contributed by atoms with Gasteiger partial charge in [-0.25, -0.2) is 9.97 Å². The zero-order valence-corrected chi connectivity index (χ0v) is 20.1. The van der Waals surface area contributed by atoms with Crippen molar-refractivity contribution in [1.82, 2.24) is 24.7 Å². The van der Waals surface area contributed by atoms with Crippen molar-refractivity contribution < 1.29 is 18.0 Å². The highest BCUT2D eigenvalue weighted by atomic mass is 19.4. The summed E-state index contributed by atoms with van der Waals surface area (Å²) in [5, 5.41) is 3.15. The van der Waals surface area contributed by atoms with E-state index in [2.05, 4.69) is 25.1 Å². The van der Waals surface area contributed by atoms with Crippen LogP contribution < -0.4 is 10.2 Å². The third-order valence-electron chi connectivity index (χ3n) is 7.00. The molecule has 2 unspecified atom stereocenters. The highest BCUT2D eigenvalue weighted by molar-refractivity contribution is 5.80. The Balaban J connectivity index is 1.47. The second-order valence-electron chi connectivity index (χ2n) is 9.90. The van der Waals surface area contributed by atoms with Crippen LogP contribution in [0.5, 0.6) is 0 Å². The molecule has 3 fully saturated rings. The summed E-state index contributed by atoms with van der Waals surface area (Å²) in [5.41, 5.74) is 0. The van der Waals surface area contributed by atoms with E-state index in [1.54, 1.807) is 6.07 Å². The lowest BCUT2D eigenvalue weighted by Crippen LogP contribution is -2.51. The maximum atomic E-state index is 13.6. The second kappa shape index (κ2) is 10.6. The van der Waals surface area contributed by atoms with Gasteiger partial charge in [-0.1, -0.05) is 0 Å². The fraction of sp³-hybridized carbons (Fsp3) is 0.783. The molecule has 1 N–H and O–H groups in total. The van der Waals surface area contributed by atoms with Gasteiger partial charge >= 0.3 is 6.18 Å². The number of carbonyl (C=O) groups excluding carboxylic acids is 1. The molecule has 34 heavy (non-hydrogen) atoms. The molecular formula is C23H36F3N7O. The number of alkyl halides is 3. The van der Waals surface area contributed by atoms with Gasteiger partial charge in [0.2, 0.25) is 11.7 Å². The number of piperidine rings is 1. The van der Waals surface area contributed by atoms with Crippen molar-refractivity contribution >= 4 is 17.5 Å². The number of nitrogens with one attached hydrogen (secondary N) is 1.